The molecule has 0 saturated carbocycles. The van der Waals surface area contributed by atoms with Gasteiger partial charge in [0, 0.05) is 42.1 Å². The normalized spacial score (nSPS) is 32.4. The van der Waals surface area contributed by atoms with Crippen LogP contribution in [0.5, 0.6) is 0 Å². The molecule has 27 heavy (non-hydrogen) atoms. The first-order valence-electron chi connectivity index (χ1n) is 10.4. The minimum Gasteiger partial charge on any atom is -0.383 e. The van der Waals surface area contributed by atoms with Gasteiger partial charge in [-0.3, -0.25) is 4.99 Å². The number of nitrogens with zero attached hydrogens (tertiary/aromatic N) is 2. The second-order valence-electron chi connectivity index (χ2n) is 8.54. The van der Waals surface area contributed by atoms with Gasteiger partial charge in [0.2, 0.25) is 0 Å². The predicted octanol–water partition coefficient (Wildman–Crippen LogP) is 4.81. The molecule has 0 spiro atoms. The largest absolute Gasteiger partial charge is 0.383 e. The van der Waals surface area contributed by atoms with E-state index in [9.17, 15) is 0 Å². The van der Waals surface area contributed by atoms with Crippen LogP contribution in [-0.2, 0) is 0 Å². The monoisotopic (exact) mass is 359 g/mol. The maximum Gasteiger partial charge on any atom is 0.0570 e. The number of nitrogens with one attached hydrogen (secondary N) is 1. The Hall–Kier alpha value is -2.29. The summed E-state index contributed by atoms with van der Waals surface area (Å²) in [5.41, 5.74) is 7.72. The lowest BCUT2D eigenvalue weighted by atomic mass is 9.66. The lowest BCUT2D eigenvalue weighted by molar-refractivity contribution is 0.155. The molecule has 4 aliphatic rings. The van der Waals surface area contributed by atoms with E-state index in [0.29, 0.717) is 12.0 Å². The van der Waals surface area contributed by atoms with Crippen molar-refractivity contribution in [2.45, 2.75) is 39.2 Å². The van der Waals surface area contributed by atoms with E-state index in [1.54, 1.807) is 16.8 Å². The van der Waals surface area contributed by atoms with Crippen LogP contribution < -0.4 is 5.32 Å². The summed E-state index contributed by atoms with van der Waals surface area (Å²) in [4.78, 5) is 7.48. The number of fused-ring (bicyclic) bond motifs is 1. The molecule has 0 amide bonds. The molecule has 140 valence electrons. The van der Waals surface area contributed by atoms with Gasteiger partial charge in [-0.25, -0.2) is 0 Å². The average molecular weight is 360 g/mol. The van der Waals surface area contributed by atoms with Crippen LogP contribution >= 0.6 is 0 Å². The molecule has 3 atom stereocenters. The highest BCUT2D eigenvalue weighted by molar-refractivity contribution is 5.75. The van der Waals surface area contributed by atoms with Crippen molar-refractivity contribution < 1.29 is 0 Å². The van der Waals surface area contributed by atoms with E-state index in [2.05, 4.69) is 72.8 Å². The SMILES string of the molecule is CC1C2CC3=C(CCC4=C3/C=C\CN=CC41C)N2CCNc1ccccc1. The molecule has 1 aromatic carbocycles. The van der Waals surface area contributed by atoms with Crippen LogP contribution in [0.1, 0.15) is 33.1 Å². The highest BCUT2D eigenvalue weighted by Crippen LogP contribution is 2.56. The van der Waals surface area contributed by atoms with E-state index in [1.807, 2.05) is 0 Å². The quantitative estimate of drug-likeness (QED) is 0.835. The van der Waals surface area contributed by atoms with Crippen molar-refractivity contribution in [3.63, 3.8) is 0 Å². The van der Waals surface area contributed by atoms with Gasteiger partial charge in [0.25, 0.3) is 0 Å². The molecule has 3 unspecified atom stereocenters. The first kappa shape index (κ1) is 16.9. The maximum absolute atomic E-state index is 4.75. The number of hydrogen-bond donors (Lipinski definition) is 1. The topological polar surface area (TPSA) is 27.6 Å². The molecule has 3 heteroatoms. The van der Waals surface area contributed by atoms with Crippen LogP contribution in [0.2, 0.25) is 0 Å². The summed E-state index contributed by atoms with van der Waals surface area (Å²) in [5.74, 6) is 0.574. The summed E-state index contributed by atoms with van der Waals surface area (Å²) in [6.07, 6.45) is 10.5. The standard InChI is InChI=1S/C24H29N3/c1-17-23-15-20-19-9-6-12-25-16-24(17,2)21(19)10-11-22(20)27(23)14-13-26-18-7-4-3-5-8-18/h3-9,16-17,23,26H,10-15H2,1-2H3/b9-6-,25-16?. The number of para-hydroxylation sites is 1. The lowest BCUT2D eigenvalue weighted by Gasteiger charge is -2.46. The zero-order valence-corrected chi connectivity index (χ0v) is 16.4. The minimum absolute atomic E-state index is 0.0869. The number of rotatable bonds is 4. The van der Waals surface area contributed by atoms with Gasteiger partial charge in [0.15, 0.2) is 0 Å². The summed E-state index contributed by atoms with van der Waals surface area (Å²) in [6.45, 7) is 7.76. The number of anilines is 1. The van der Waals surface area contributed by atoms with Gasteiger partial charge in [-0.1, -0.05) is 49.8 Å². The minimum atomic E-state index is 0.0869. The molecular formula is C24H29N3. The zero-order chi connectivity index (χ0) is 18.4. The lowest BCUT2D eigenvalue weighted by Crippen LogP contribution is -2.47. The molecule has 2 heterocycles. The fourth-order valence-corrected chi connectivity index (χ4v) is 5.66. The average Bonchev–Trinajstić information content (AvgIpc) is 3.02. The summed E-state index contributed by atoms with van der Waals surface area (Å²) >= 11 is 0. The number of allylic oxidation sites excluding steroid dienone is 4. The number of benzene rings is 1. The summed E-state index contributed by atoms with van der Waals surface area (Å²) in [5, 5.41) is 3.61. The first-order chi connectivity index (χ1) is 13.2. The molecule has 5 rings (SSSR count). The van der Waals surface area contributed by atoms with Gasteiger partial charge in [-0.2, -0.15) is 0 Å². The van der Waals surface area contributed by atoms with Gasteiger partial charge >= 0.3 is 0 Å². The Morgan fingerprint density at radius 3 is 2.93 bits per heavy atom. The Kier molecular flexibility index (Phi) is 3.99. The molecule has 0 fully saturated rings. The molecule has 0 aromatic heterocycles. The second-order valence-corrected chi connectivity index (χ2v) is 8.54. The van der Waals surface area contributed by atoms with Crippen molar-refractivity contribution in [2.75, 3.05) is 25.0 Å². The number of hydrogen-bond acceptors (Lipinski definition) is 3. The van der Waals surface area contributed by atoms with Crippen LogP contribution in [0.15, 0.2) is 69.9 Å². The van der Waals surface area contributed by atoms with Gasteiger partial charge in [-0.15, -0.1) is 0 Å². The Labute approximate surface area is 162 Å². The molecule has 5 bridgehead atoms. The van der Waals surface area contributed by atoms with E-state index < -0.39 is 0 Å². The molecule has 1 aromatic rings. The maximum atomic E-state index is 4.75. The van der Waals surface area contributed by atoms with Crippen molar-refractivity contribution >= 4 is 11.9 Å². The Morgan fingerprint density at radius 1 is 1.22 bits per heavy atom. The molecule has 1 N–H and O–H groups in total. The van der Waals surface area contributed by atoms with E-state index in [4.69, 9.17) is 4.99 Å². The number of likely N-dealkylation sites (tertiary alicyclic amines) is 1. The zero-order valence-electron chi connectivity index (χ0n) is 16.4. The highest BCUT2D eigenvalue weighted by atomic mass is 15.2. The molecule has 0 radical (unpaired) electrons. The van der Waals surface area contributed by atoms with Crippen LogP contribution in [0, 0.1) is 11.3 Å². The molecule has 3 nitrogen and oxygen atoms in total. The van der Waals surface area contributed by atoms with Crippen molar-refractivity contribution in [1.82, 2.24) is 4.90 Å². The van der Waals surface area contributed by atoms with Crippen LogP contribution in [0.3, 0.4) is 0 Å². The Morgan fingerprint density at radius 2 is 2.07 bits per heavy atom. The third-order valence-corrected chi connectivity index (χ3v) is 7.25. The van der Waals surface area contributed by atoms with Gasteiger partial charge in [0.05, 0.1) is 6.54 Å². The molecule has 2 aliphatic carbocycles. The van der Waals surface area contributed by atoms with Gasteiger partial charge in [0.1, 0.15) is 0 Å². The fraction of sp³-hybridized carbons (Fsp3) is 0.458. The highest BCUT2D eigenvalue weighted by Gasteiger charge is 2.50. The van der Waals surface area contributed by atoms with Crippen molar-refractivity contribution in [2.24, 2.45) is 16.3 Å². The number of aliphatic imine (C=N–C) groups is 1. The van der Waals surface area contributed by atoms with Gasteiger partial charge < -0.3 is 10.2 Å². The first-order valence-corrected chi connectivity index (χ1v) is 10.4. The van der Waals surface area contributed by atoms with Crippen LogP contribution in [0.25, 0.3) is 0 Å². The third kappa shape index (κ3) is 2.59. The van der Waals surface area contributed by atoms with Crippen molar-refractivity contribution in [3.05, 3.63) is 64.9 Å². The van der Waals surface area contributed by atoms with Crippen molar-refractivity contribution in [1.29, 1.82) is 0 Å². The van der Waals surface area contributed by atoms with Crippen molar-refractivity contribution in [3.8, 4) is 0 Å². The Bertz CT molecular complexity index is 861. The van der Waals surface area contributed by atoms with Crippen LogP contribution in [0.4, 0.5) is 5.69 Å². The summed E-state index contributed by atoms with van der Waals surface area (Å²) in [6, 6.07) is 11.1. The molecule has 2 aliphatic heterocycles. The van der Waals surface area contributed by atoms with E-state index in [0.717, 1.165) is 19.6 Å². The van der Waals surface area contributed by atoms with Gasteiger partial charge in [-0.05, 0) is 48.5 Å². The second kappa shape index (κ2) is 6.40. The van der Waals surface area contributed by atoms with E-state index in [-0.39, 0.29) is 5.41 Å². The third-order valence-electron chi connectivity index (χ3n) is 7.25. The predicted molar refractivity (Wildman–Crippen MR) is 113 cm³/mol. The van der Waals surface area contributed by atoms with E-state index in [1.165, 1.54) is 30.5 Å². The smallest absolute Gasteiger partial charge is 0.0570 e. The Balaban J connectivity index is 1.47. The van der Waals surface area contributed by atoms with Crippen LogP contribution in [-0.4, -0.2) is 36.8 Å². The van der Waals surface area contributed by atoms with E-state index >= 15 is 0 Å². The summed E-state index contributed by atoms with van der Waals surface area (Å²) < 4.78 is 0. The summed E-state index contributed by atoms with van der Waals surface area (Å²) in [7, 11) is 0. The molecular weight excluding hydrogens is 330 g/mol. The fourth-order valence-electron chi connectivity index (χ4n) is 5.66. The molecule has 0 saturated heterocycles.